The van der Waals surface area contributed by atoms with Gasteiger partial charge in [-0.1, -0.05) is 18.9 Å². The second kappa shape index (κ2) is 9.13. The van der Waals surface area contributed by atoms with Gasteiger partial charge in [-0.2, -0.15) is 13.2 Å². The highest BCUT2D eigenvalue weighted by Gasteiger charge is 2.51. The van der Waals surface area contributed by atoms with Crippen LogP contribution in [0.1, 0.15) is 54.4 Å². The van der Waals surface area contributed by atoms with E-state index in [2.05, 4.69) is 54.8 Å². The molecule has 2 aliphatic carbocycles. The van der Waals surface area contributed by atoms with Crippen LogP contribution in [0.4, 0.5) is 24.5 Å². The molecule has 1 heterocycles. The number of carbonyl (C=O) groups is 1. The Morgan fingerprint density at radius 3 is 2.41 bits per heavy atom. The van der Waals surface area contributed by atoms with E-state index >= 15 is 0 Å². The maximum absolute atomic E-state index is 10.9. The summed E-state index contributed by atoms with van der Waals surface area (Å²) in [5, 5.41) is 25.3. The lowest BCUT2D eigenvalue weighted by molar-refractivity contribution is -0.192. The fraction of sp³-hybridized carbons (Fsp3) is 0.500. The van der Waals surface area contributed by atoms with Gasteiger partial charge in [0.2, 0.25) is 0 Å². The van der Waals surface area contributed by atoms with E-state index in [1.165, 1.54) is 54.4 Å². The number of nitrogens with one attached hydrogen (secondary N) is 2. The lowest BCUT2D eigenvalue weighted by Crippen LogP contribution is -2.59. The SMILES string of the molecule is Cc1cc(C)cc(Nc2cc3c(cc2O)[C@]24CCCC[C@@H]2[C@H](C3)NCC4)c1.O=C(O)C(F)(F)F. The van der Waals surface area contributed by atoms with Crippen LogP contribution in [-0.2, 0) is 16.6 Å². The van der Waals surface area contributed by atoms with Crippen LogP contribution in [0, 0.1) is 19.8 Å². The van der Waals surface area contributed by atoms with E-state index < -0.39 is 12.1 Å². The lowest BCUT2D eigenvalue weighted by Gasteiger charge is -2.56. The number of anilines is 2. The van der Waals surface area contributed by atoms with Gasteiger partial charge < -0.3 is 20.8 Å². The highest BCUT2D eigenvalue weighted by atomic mass is 19.4. The standard InChI is InChI=1S/C24H30N2O.C2HF3O2/c1-15-9-16(2)11-18(10-15)26-22-13-17-12-21-19-5-3-4-6-24(19,7-8-25-21)20(17)14-23(22)27;3-2(4,5)1(6)7/h9-11,13-14,19,21,25-27H,3-8,12H2,1-2H3;(H,6,7)/t19-,21+,24+;/m1./s1. The van der Waals surface area contributed by atoms with E-state index in [4.69, 9.17) is 9.90 Å². The van der Waals surface area contributed by atoms with Gasteiger partial charge in [-0.25, -0.2) is 4.79 Å². The van der Waals surface area contributed by atoms with Gasteiger partial charge in [0.25, 0.3) is 0 Å². The summed E-state index contributed by atoms with van der Waals surface area (Å²) < 4.78 is 31.7. The summed E-state index contributed by atoms with van der Waals surface area (Å²) in [5.41, 5.74) is 7.50. The number of benzene rings is 2. The Kier molecular flexibility index (Phi) is 6.55. The number of phenolic OH excluding ortho intramolecular Hbond substituents is 1. The molecule has 5 rings (SSSR count). The first-order chi connectivity index (χ1) is 16.0. The summed E-state index contributed by atoms with van der Waals surface area (Å²) in [7, 11) is 0. The number of alkyl halides is 3. The Morgan fingerprint density at radius 1 is 1.09 bits per heavy atom. The lowest BCUT2D eigenvalue weighted by atomic mass is 9.53. The van der Waals surface area contributed by atoms with E-state index in [1.54, 1.807) is 0 Å². The molecular weight excluding hydrogens is 445 g/mol. The largest absolute Gasteiger partial charge is 0.506 e. The predicted molar refractivity (Wildman–Crippen MR) is 125 cm³/mol. The van der Waals surface area contributed by atoms with E-state index in [9.17, 15) is 18.3 Å². The zero-order chi connectivity index (χ0) is 24.7. The number of rotatable bonds is 2. The minimum atomic E-state index is -5.08. The maximum atomic E-state index is 10.9. The third-order valence-corrected chi connectivity index (χ3v) is 7.50. The van der Waals surface area contributed by atoms with E-state index in [0.717, 1.165) is 30.3 Å². The first-order valence-electron chi connectivity index (χ1n) is 11.7. The summed E-state index contributed by atoms with van der Waals surface area (Å²) >= 11 is 0. The van der Waals surface area contributed by atoms with Crippen LogP contribution in [0.25, 0.3) is 0 Å². The number of carboxylic acids is 1. The normalized spacial score (nSPS) is 25.3. The zero-order valence-corrected chi connectivity index (χ0v) is 19.4. The Bertz CT molecular complexity index is 1060. The van der Waals surface area contributed by atoms with Crippen molar-refractivity contribution in [2.75, 3.05) is 11.9 Å². The van der Waals surface area contributed by atoms with Crippen LogP contribution in [0.2, 0.25) is 0 Å². The highest BCUT2D eigenvalue weighted by Crippen LogP contribution is 2.55. The Balaban J connectivity index is 0.000000344. The molecule has 8 heteroatoms. The Labute approximate surface area is 197 Å². The molecule has 0 radical (unpaired) electrons. The van der Waals surface area contributed by atoms with Crippen molar-refractivity contribution in [2.24, 2.45) is 5.92 Å². The molecule has 34 heavy (non-hydrogen) atoms. The zero-order valence-electron chi connectivity index (χ0n) is 19.4. The van der Waals surface area contributed by atoms with Gasteiger partial charge in [0.15, 0.2) is 0 Å². The molecule has 2 bridgehead atoms. The van der Waals surface area contributed by atoms with Crippen LogP contribution in [0.5, 0.6) is 5.75 Å². The topological polar surface area (TPSA) is 81.6 Å². The number of hydrogen-bond donors (Lipinski definition) is 4. The number of halogens is 3. The highest BCUT2D eigenvalue weighted by molar-refractivity contribution is 5.73. The van der Waals surface area contributed by atoms with Crippen molar-refractivity contribution >= 4 is 17.3 Å². The number of hydrogen-bond acceptors (Lipinski definition) is 4. The molecule has 184 valence electrons. The fourth-order valence-electron chi connectivity index (χ4n) is 6.27. The third kappa shape index (κ3) is 4.73. The van der Waals surface area contributed by atoms with E-state index in [1.807, 2.05) is 0 Å². The van der Waals surface area contributed by atoms with Gasteiger partial charge in [0, 0.05) is 17.1 Å². The van der Waals surface area contributed by atoms with Gasteiger partial charge in [-0.3, -0.25) is 0 Å². The minimum Gasteiger partial charge on any atom is -0.506 e. The molecule has 0 unspecified atom stereocenters. The quantitative estimate of drug-likeness (QED) is 0.416. The molecule has 3 aliphatic rings. The first kappa shape index (κ1) is 24.4. The van der Waals surface area contributed by atoms with E-state index in [-0.39, 0.29) is 5.41 Å². The van der Waals surface area contributed by atoms with Crippen molar-refractivity contribution in [3.05, 3.63) is 52.6 Å². The number of aromatic hydroxyl groups is 1. The number of carboxylic acid groups (broad SMARTS) is 1. The minimum absolute atomic E-state index is 0.289. The molecule has 0 aromatic heterocycles. The number of aliphatic carboxylic acids is 1. The van der Waals surface area contributed by atoms with Crippen LogP contribution in [0.3, 0.4) is 0 Å². The van der Waals surface area contributed by atoms with Crippen molar-refractivity contribution in [3.8, 4) is 5.75 Å². The average Bonchev–Trinajstić information content (AvgIpc) is 2.74. The van der Waals surface area contributed by atoms with E-state index in [0.29, 0.717) is 11.8 Å². The van der Waals surface area contributed by atoms with Crippen molar-refractivity contribution in [1.82, 2.24) is 5.32 Å². The molecule has 3 atom stereocenters. The summed E-state index contributed by atoms with van der Waals surface area (Å²) in [5.74, 6) is -1.62. The first-order valence-corrected chi connectivity index (χ1v) is 11.7. The predicted octanol–water partition coefficient (Wildman–Crippen LogP) is 5.73. The molecule has 1 saturated carbocycles. The molecule has 1 saturated heterocycles. The van der Waals surface area contributed by atoms with Gasteiger partial charge in [-0.15, -0.1) is 0 Å². The molecule has 1 aliphatic heterocycles. The molecular formula is C26H31F3N2O3. The number of fused-ring (bicyclic) bond motifs is 1. The van der Waals surface area contributed by atoms with Gasteiger partial charge >= 0.3 is 12.1 Å². The summed E-state index contributed by atoms with van der Waals surface area (Å²) in [6.07, 6.45) is 2.52. The Hall–Kier alpha value is -2.74. The average molecular weight is 477 g/mol. The second-order valence-electron chi connectivity index (χ2n) is 9.85. The molecule has 0 spiro atoms. The Morgan fingerprint density at radius 2 is 1.76 bits per heavy atom. The number of aryl methyl sites for hydroxylation is 2. The molecule has 2 fully saturated rings. The summed E-state index contributed by atoms with van der Waals surface area (Å²) in [4.78, 5) is 8.90. The molecule has 5 nitrogen and oxygen atoms in total. The van der Waals surface area contributed by atoms with Crippen LogP contribution in [0.15, 0.2) is 30.3 Å². The van der Waals surface area contributed by atoms with Crippen LogP contribution >= 0.6 is 0 Å². The molecule has 2 aromatic carbocycles. The van der Waals surface area contributed by atoms with Crippen molar-refractivity contribution in [2.45, 2.75) is 70.0 Å². The summed E-state index contributed by atoms with van der Waals surface area (Å²) in [6, 6.07) is 11.4. The van der Waals surface area contributed by atoms with Gasteiger partial charge in [0.05, 0.1) is 5.69 Å². The maximum Gasteiger partial charge on any atom is 0.490 e. The van der Waals surface area contributed by atoms with Crippen molar-refractivity contribution < 1.29 is 28.2 Å². The van der Waals surface area contributed by atoms with Gasteiger partial charge in [0.1, 0.15) is 5.75 Å². The van der Waals surface area contributed by atoms with Crippen LogP contribution in [-0.4, -0.2) is 34.9 Å². The number of piperidine rings is 1. The fourth-order valence-corrected chi connectivity index (χ4v) is 6.27. The van der Waals surface area contributed by atoms with Crippen molar-refractivity contribution in [1.29, 1.82) is 0 Å². The number of phenols is 1. The van der Waals surface area contributed by atoms with Crippen molar-refractivity contribution in [3.63, 3.8) is 0 Å². The third-order valence-electron chi connectivity index (χ3n) is 7.50. The second-order valence-corrected chi connectivity index (χ2v) is 9.85. The van der Waals surface area contributed by atoms with Crippen LogP contribution < -0.4 is 10.6 Å². The monoisotopic (exact) mass is 476 g/mol. The molecule has 2 aromatic rings. The molecule has 4 N–H and O–H groups in total. The summed E-state index contributed by atoms with van der Waals surface area (Å²) in [6.45, 7) is 5.34. The smallest absolute Gasteiger partial charge is 0.490 e. The molecule has 0 amide bonds. The van der Waals surface area contributed by atoms with Gasteiger partial charge in [-0.05, 0) is 98.5 Å².